The molecule has 6 nitrogen and oxygen atoms in total. The zero-order valence-electron chi connectivity index (χ0n) is 13.1. The molecule has 21 heavy (non-hydrogen) atoms. The van der Waals surface area contributed by atoms with E-state index in [1.165, 1.54) is 0 Å². The number of hydrogen-bond acceptors (Lipinski definition) is 4. The third kappa shape index (κ3) is 4.18. The summed E-state index contributed by atoms with van der Waals surface area (Å²) < 4.78 is 27.1. The minimum atomic E-state index is -3.78. The van der Waals surface area contributed by atoms with E-state index in [2.05, 4.69) is 10.0 Å². The molecule has 0 unspecified atom stereocenters. The van der Waals surface area contributed by atoms with Crippen LogP contribution in [-0.4, -0.2) is 26.9 Å². The molecule has 1 aromatic rings. The molecule has 1 aromatic carbocycles. The van der Waals surface area contributed by atoms with Crippen molar-refractivity contribution in [1.29, 1.82) is 0 Å². The number of nitrogen functional groups attached to an aromatic ring is 1. The first-order valence-electron chi connectivity index (χ1n) is 6.71. The van der Waals surface area contributed by atoms with Gasteiger partial charge < -0.3 is 11.1 Å². The molecule has 0 bridgehead atoms. The molecule has 4 N–H and O–H groups in total. The summed E-state index contributed by atoms with van der Waals surface area (Å²) >= 11 is 0. The Bertz CT molecular complexity index is 652. The van der Waals surface area contributed by atoms with Gasteiger partial charge in [0, 0.05) is 11.7 Å². The average molecular weight is 313 g/mol. The number of benzene rings is 1. The molecular formula is C14H23N3O3S. The molecule has 0 aliphatic carbocycles. The van der Waals surface area contributed by atoms with Crippen molar-refractivity contribution in [3.63, 3.8) is 0 Å². The van der Waals surface area contributed by atoms with E-state index in [1.54, 1.807) is 33.8 Å². The highest BCUT2D eigenvalue weighted by Crippen LogP contribution is 2.27. The summed E-state index contributed by atoms with van der Waals surface area (Å²) in [4.78, 5) is 11.7. The standard InChI is InChI=1S/C14H23N3O3S/c1-8(2)17-12(18)7-16-21(19,20)14-10(4)6-9(3)13(15)11(14)5/h6,8,16H,7,15H2,1-5H3,(H,17,18). The molecule has 0 aliphatic heterocycles. The van der Waals surface area contributed by atoms with Gasteiger partial charge >= 0.3 is 0 Å². The van der Waals surface area contributed by atoms with Gasteiger partial charge in [0.2, 0.25) is 15.9 Å². The SMILES string of the molecule is Cc1cc(C)c(S(=O)(=O)NCC(=O)NC(C)C)c(C)c1N. The van der Waals surface area contributed by atoms with Gasteiger partial charge in [0.05, 0.1) is 11.4 Å². The highest BCUT2D eigenvalue weighted by molar-refractivity contribution is 7.89. The average Bonchev–Trinajstić information content (AvgIpc) is 2.32. The van der Waals surface area contributed by atoms with Crippen molar-refractivity contribution in [2.75, 3.05) is 12.3 Å². The minimum Gasteiger partial charge on any atom is -0.398 e. The molecule has 0 heterocycles. The fraction of sp³-hybridized carbons (Fsp3) is 0.500. The lowest BCUT2D eigenvalue weighted by atomic mass is 10.1. The summed E-state index contributed by atoms with van der Waals surface area (Å²) in [5, 5.41) is 2.63. The first kappa shape index (κ1) is 17.5. The molecule has 0 radical (unpaired) electrons. The van der Waals surface area contributed by atoms with Gasteiger partial charge in [0.25, 0.3) is 0 Å². The van der Waals surface area contributed by atoms with E-state index in [4.69, 9.17) is 5.73 Å². The smallest absolute Gasteiger partial charge is 0.241 e. The Morgan fingerprint density at radius 2 is 1.81 bits per heavy atom. The predicted molar refractivity (Wildman–Crippen MR) is 83.5 cm³/mol. The lowest BCUT2D eigenvalue weighted by molar-refractivity contribution is -0.120. The summed E-state index contributed by atoms with van der Waals surface area (Å²) in [6.07, 6.45) is 0. The van der Waals surface area contributed by atoms with Gasteiger partial charge in [0.1, 0.15) is 0 Å². The number of sulfonamides is 1. The Balaban J connectivity index is 3.05. The van der Waals surface area contributed by atoms with Gasteiger partial charge in [0.15, 0.2) is 0 Å². The molecule has 1 rings (SSSR count). The second-order valence-electron chi connectivity index (χ2n) is 5.42. The Morgan fingerprint density at radius 3 is 2.33 bits per heavy atom. The molecule has 0 saturated carbocycles. The van der Waals surface area contributed by atoms with E-state index in [9.17, 15) is 13.2 Å². The maximum absolute atomic E-state index is 12.4. The summed E-state index contributed by atoms with van der Waals surface area (Å²) in [5.41, 5.74) is 8.30. The predicted octanol–water partition coefficient (Wildman–Crippen LogP) is 0.997. The zero-order chi connectivity index (χ0) is 16.4. The third-order valence-corrected chi connectivity index (χ3v) is 4.79. The molecule has 118 valence electrons. The number of carbonyl (C=O) groups is 1. The highest BCUT2D eigenvalue weighted by Gasteiger charge is 2.22. The summed E-state index contributed by atoms with van der Waals surface area (Å²) in [5.74, 6) is -0.371. The number of aryl methyl sites for hydroxylation is 2. The summed E-state index contributed by atoms with van der Waals surface area (Å²) in [6, 6.07) is 1.69. The maximum Gasteiger partial charge on any atom is 0.241 e. The van der Waals surface area contributed by atoms with Crippen LogP contribution in [-0.2, 0) is 14.8 Å². The number of amides is 1. The van der Waals surface area contributed by atoms with Crippen LogP contribution in [0.25, 0.3) is 0 Å². The molecule has 0 atom stereocenters. The Morgan fingerprint density at radius 1 is 1.24 bits per heavy atom. The molecule has 0 aliphatic rings. The van der Waals surface area contributed by atoms with E-state index in [0.717, 1.165) is 5.56 Å². The van der Waals surface area contributed by atoms with Crippen molar-refractivity contribution >= 4 is 21.6 Å². The van der Waals surface area contributed by atoms with Gasteiger partial charge in [-0.25, -0.2) is 13.1 Å². The molecule has 1 amide bonds. The molecular weight excluding hydrogens is 290 g/mol. The van der Waals surface area contributed by atoms with Crippen LogP contribution in [0.1, 0.15) is 30.5 Å². The fourth-order valence-corrected chi connectivity index (χ4v) is 3.66. The first-order chi connectivity index (χ1) is 9.56. The monoisotopic (exact) mass is 313 g/mol. The van der Waals surface area contributed by atoms with Crippen LogP contribution in [0.2, 0.25) is 0 Å². The topological polar surface area (TPSA) is 101 Å². The number of hydrogen-bond donors (Lipinski definition) is 3. The molecule has 0 fully saturated rings. The van der Waals surface area contributed by atoms with Crippen LogP contribution in [0.5, 0.6) is 0 Å². The van der Waals surface area contributed by atoms with Crippen LogP contribution in [0.3, 0.4) is 0 Å². The number of rotatable bonds is 5. The van der Waals surface area contributed by atoms with Crippen LogP contribution in [0.15, 0.2) is 11.0 Å². The van der Waals surface area contributed by atoms with E-state index in [1.807, 2.05) is 6.92 Å². The number of anilines is 1. The van der Waals surface area contributed by atoms with Crippen molar-refractivity contribution in [2.24, 2.45) is 0 Å². The first-order valence-corrected chi connectivity index (χ1v) is 8.20. The van der Waals surface area contributed by atoms with Crippen molar-refractivity contribution in [3.8, 4) is 0 Å². The van der Waals surface area contributed by atoms with Crippen molar-refractivity contribution in [2.45, 2.75) is 45.6 Å². The number of carbonyl (C=O) groups excluding carboxylic acids is 1. The third-order valence-electron chi connectivity index (χ3n) is 3.10. The van der Waals surface area contributed by atoms with Gasteiger partial charge in [-0.3, -0.25) is 4.79 Å². The van der Waals surface area contributed by atoms with Crippen LogP contribution < -0.4 is 15.8 Å². The van der Waals surface area contributed by atoms with Crippen molar-refractivity contribution in [1.82, 2.24) is 10.0 Å². The highest BCUT2D eigenvalue weighted by atomic mass is 32.2. The van der Waals surface area contributed by atoms with E-state index in [0.29, 0.717) is 16.8 Å². The number of nitrogens with one attached hydrogen (secondary N) is 2. The molecule has 0 spiro atoms. The summed E-state index contributed by atoms with van der Waals surface area (Å²) in [7, 11) is -3.78. The van der Waals surface area contributed by atoms with Crippen molar-refractivity contribution in [3.05, 3.63) is 22.8 Å². The number of nitrogens with two attached hydrogens (primary N) is 1. The van der Waals surface area contributed by atoms with Gasteiger partial charge in [-0.1, -0.05) is 6.07 Å². The second kappa shape index (κ2) is 6.44. The normalized spacial score (nSPS) is 11.7. The molecule has 0 saturated heterocycles. The minimum absolute atomic E-state index is 0.0412. The summed E-state index contributed by atoms with van der Waals surface area (Å²) in [6.45, 7) is 8.52. The zero-order valence-corrected chi connectivity index (χ0v) is 13.9. The molecule has 0 aromatic heterocycles. The maximum atomic E-state index is 12.4. The lowest BCUT2D eigenvalue weighted by Gasteiger charge is -2.16. The van der Waals surface area contributed by atoms with Gasteiger partial charge in [-0.15, -0.1) is 0 Å². The Kier molecular flexibility index (Phi) is 5.36. The van der Waals surface area contributed by atoms with Crippen LogP contribution in [0, 0.1) is 20.8 Å². The lowest BCUT2D eigenvalue weighted by Crippen LogP contribution is -2.40. The van der Waals surface area contributed by atoms with E-state index < -0.39 is 10.0 Å². The fourth-order valence-electron chi connectivity index (χ4n) is 2.20. The molecule has 7 heteroatoms. The largest absolute Gasteiger partial charge is 0.398 e. The van der Waals surface area contributed by atoms with Crippen molar-refractivity contribution < 1.29 is 13.2 Å². The van der Waals surface area contributed by atoms with E-state index in [-0.39, 0.29) is 23.4 Å². The van der Waals surface area contributed by atoms with Crippen LogP contribution in [0.4, 0.5) is 5.69 Å². The quantitative estimate of drug-likeness (QED) is 0.706. The van der Waals surface area contributed by atoms with E-state index >= 15 is 0 Å². The Labute approximate surface area is 126 Å². The second-order valence-corrected chi connectivity index (χ2v) is 7.13. The Hall–Kier alpha value is -1.60. The van der Waals surface area contributed by atoms with Crippen LogP contribution >= 0.6 is 0 Å². The van der Waals surface area contributed by atoms with Gasteiger partial charge in [-0.05, 0) is 51.3 Å². The van der Waals surface area contributed by atoms with Gasteiger partial charge in [-0.2, -0.15) is 0 Å².